The zero-order valence-corrected chi connectivity index (χ0v) is 15.4. The Labute approximate surface area is 148 Å². The molecule has 0 fully saturated rings. The zero-order chi connectivity index (χ0) is 15.5. The van der Waals surface area contributed by atoms with Crippen molar-refractivity contribution in [2.45, 2.75) is 13.1 Å². The molecule has 1 aromatic heterocycles. The maximum Gasteiger partial charge on any atom is 0.124 e. The standard InChI is InChI=1S/C16H17IN2O2S/c1-20-12-3-4-15(21-2)11(7-12)8-18-14-9-19(17)10-16-13(14)5-6-22-16/h3-7,9,18H,8,10H2,1-2H3. The monoisotopic (exact) mass is 428 g/mol. The summed E-state index contributed by atoms with van der Waals surface area (Å²) in [6, 6.07) is 8.02. The minimum atomic E-state index is 0.686. The molecule has 1 N–H and O–H groups in total. The lowest BCUT2D eigenvalue weighted by molar-refractivity contribution is 0.398. The van der Waals surface area contributed by atoms with E-state index in [0.29, 0.717) is 6.54 Å². The molecule has 0 bridgehead atoms. The van der Waals surface area contributed by atoms with Crippen LogP contribution in [-0.2, 0) is 13.1 Å². The van der Waals surface area contributed by atoms with Gasteiger partial charge in [-0.2, -0.15) is 0 Å². The van der Waals surface area contributed by atoms with E-state index >= 15 is 0 Å². The highest BCUT2D eigenvalue weighted by atomic mass is 127. The molecule has 2 heterocycles. The summed E-state index contributed by atoms with van der Waals surface area (Å²) < 4.78 is 12.9. The van der Waals surface area contributed by atoms with E-state index in [4.69, 9.17) is 9.47 Å². The van der Waals surface area contributed by atoms with Crippen LogP contribution < -0.4 is 14.8 Å². The molecule has 1 aliphatic heterocycles. The third kappa shape index (κ3) is 3.17. The van der Waals surface area contributed by atoms with E-state index in [1.165, 1.54) is 10.4 Å². The van der Waals surface area contributed by atoms with Gasteiger partial charge in [0.25, 0.3) is 0 Å². The van der Waals surface area contributed by atoms with Crippen molar-refractivity contribution in [3.05, 3.63) is 51.8 Å². The van der Waals surface area contributed by atoms with Crippen molar-refractivity contribution >= 4 is 39.9 Å². The fraction of sp³-hybridized carbons (Fsp3) is 0.250. The molecule has 1 aliphatic rings. The number of hydrogen-bond donors (Lipinski definition) is 1. The first-order chi connectivity index (χ1) is 10.7. The zero-order valence-electron chi connectivity index (χ0n) is 12.4. The van der Waals surface area contributed by atoms with Crippen LogP contribution in [0.15, 0.2) is 35.8 Å². The number of ether oxygens (including phenoxy) is 2. The molecular weight excluding hydrogens is 411 g/mol. The number of thiophene rings is 1. The van der Waals surface area contributed by atoms with Crippen LogP contribution in [0.3, 0.4) is 0 Å². The average molecular weight is 428 g/mol. The first-order valence-corrected chi connectivity index (χ1v) is 8.71. The largest absolute Gasteiger partial charge is 0.497 e. The minimum Gasteiger partial charge on any atom is -0.497 e. The van der Waals surface area contributed by atoms with Crippen LogP contribution in [0, 0.1) is 0 Å². The van der Waals surface area contributed by atoms with Crippen molar-refractivity contribution in [3.63, 3.8) is 0 Å². The number of nitrogens with one attached hydrogen (secondary N) is 1. The Morgan fingerprint density at radius 1 is 1.27 bits per heavy atom. The summed E-state index contributed by atoms with van der Waals surface area (Å²) in [6.07, 6.45) is 2.14. The molecule has 0 radical (unpaired) electrons. The van der Waals surface area contributed by atoms with Gasteiger partial charge < -0.3 is 17.9 Å². The Balaban J connectivity index is 1.80. The highest BCUT2D eigenvalue weighted by Gasteiger charge is 2.17. The minimum absolute atomic E-state index is 0.686. The van der Waals surface area contributed by atoms with Gasteiger partial charge in [0.2, 0.25) is 0 Å². The Hall–Kier alpha value is -1.41. The number of halogens is 1. The van der Waals surface area contributed by atoms with E-state index in [-0.39, 0.29) is 0 Å². The van der Waals surface area contributed by atoms with Gasteiger partial charge in [0.05, 0.1) is 49.3 Å². The summed E-state index contributed by atoms with van der Waals surface area (Å²) in [5, 5.41) is 5.66. The number of rotatable bonds is 5. The predicted molar refractivity (Wildman–Crippen MR) is 98.2 cm³/mol. The third-order valence-corrected chi connectivity index (χ3v) is 5.08. The quantitative estimate of drug-likeness (QED) is 0.577. The van der Waals surface area contributed by atoms with Crippen molar-refractivity contribution < 1.29 is 9.47 Å². The van der Waals surface area contributed by atoms with Gasteiger partial charge in [-0.3, -0.25) is 0 Å². The number of benzene rings is 1. The van der Waals surface area contributed by atoms with Crippen LogP contribution in [-0.4, -0.2) is 17.3 Å². The highest BCUT2D eigenvalue weighted by Crippen LogP contribution is 2.32. The van der Waals surface area contributed by atoms with Crippen molar-refractivity contribution in [1.29, 1.82) is 0 Å². The van der Waals surface area contributed by atoms with Crippen LogP contribution in [0.1, 0.15) is 16.0 Å². The molecule has 0 spiro atoms. The summed E-state index contributed by atoms with van der Waals surface area (Å²) in [5.74, 6) is 1.70. The van der Waals surface area contributed by atoms with E-state index in [1.807, 2.05) is 18.2 Å². The molecule has 0 saturated heterocycles. The average Bonchev–Trinajstić information content (AvgIpc) is 3.00. The first-order valence-electron chi connectivity index (χ1n) is 6.87. The second-order valence-electron chi connectivity index (χ2n) is 4.89. The molecule has 4 nitrogen and oxygen atoms in total. The summed E-state index contributed by atoms with van der Waals surface area (Å²) in [6.45, 7) is 1.65. The molecule has 0 saturated carbocycles. The molecule has 3 rings (SSSR count). The van der Waals surface area contributed by atoms with Crippen molar-refractivity contribution in [2.75, 3.05) is 14.2 Å². The summed E-state index contributed by atoms with van der Waals surface area (Å²) >= 11 is 4.12. The van der Waals surface area contributed by atoms with Gasteiger partial charge in [-0.15, -0.1) is 11.3 Å². The van der Waals surface area contributed by atoms with Gasteiger partial charge in [-0.1, -0.05) is 0 Å². The Morgan fingerprint density at radius 2 is 2.14 bits per heavy atom. The van der Waals surface area contributed by atoms with Crippen LogP contribution in [0.25, 0.3) is 5.70 Å². The van der Waals surface area contributed by atoms with Crippen molar-refractivity contribution in [1.82, 2.24) is 8.43 Å². The smallest absolute Gasteiger partial charge is 0.124 e. The maximum absolute atomic E-state index is 5.44. The highest BCUT2D eigenvalue weighted by molar-refractivity contribution is 14.1. The Kier molecular flexibility index (Phi) is 4.77. The van der Waals surface area contributed by atoms with E-state index in [9.17, 15) is 0 Å². The van der Waals surface area contributed by atoms with Crippen molar-refractivity contribution in [2.24, 2.45) is 0 Å². The van der Waals surface area contributed by atoms with Crippen LogP contribution in [0.4, 0.5) is 0 Å². The molecule has 0 unspecified atom stereocenters. The molecule has 0 amide bonds. The van der Waals surface area contributed by atoms with E-state index in [0.717, 1.165) is 29.3 Å². The number of fused-ring (bicyclic) bond motifs is 1. The predicted octanol–water partition coefficient (Wildman–Crippen LogP) is 4.02. The Morgan fingerprint density at radius 3 is 2.91 bits per heavy atom. The molecule has 1 aromatic carbocycles. The number of hydrogen-bond acceptors (Lipinski definition) is 5. The molecule has 0 aliphatic carbocycles. The lowest BCUT2D eigenvalue weighted by atomic mass is 10.1. The van der Waals surface area contributed by atoms with Crippen LogP contribution in [0.5, 0.6) is 11.5 Å². The van der Waals surface area contributed by atoms with Crippen LogP contribution >= 0.6 is 34.2 Å². The van der Waals surface area contributed by atoms with Gasteiger partial charge in [-0.25, -0.2) is 0 Å². The van der Waals surface area contributed by atoms with Crippen LogP contribution in [0.2, 0.25) is 0 Å². The first kappa shape index (κ1) is 15.5. The normalized spacial score (nSPS) is 13.4. The molecule has 116 valence electrons. The van der Waals surface area contributed by atoms with Gasteiger partial charge in [0.15, 0.2) is 0 Å². The summed E-state index contributed by atoms with van der Waals surface area (Å²) in [4.78, 5) is 1.39. The fourth-order valence-electron chi connectivity index (χ4n) is 2.45. The van der Waals surface area contributed by atoms with E-state index in [2.05, 4.69) is 48.9 Å². The molecule has 2 aromatic rings. The topological polar surface area (TPSA) is 33.7 Å². The second-order valence-corrected chi connectivity index (χ2v) is 7.13. The fourth-order valence-corrected chi connectivity index (χ4v) is 4.19. The lowest BCUT2D eigenvalue weighted by Gasteiger charge is -2.22. The van der Waals surface area contributed by atoms with Gasteiger partial charge in [0, 0.05) is 28.7 Å². The molecule has 0 atom stereocenters. The van der Waals surface area contributed by atoms with Gasteiger partial charge >= 0.3 is 0 Å². The van der Waals surface area contributed by atoms with Gasteiger partial charge in [0.1, 0.15) is 11.5 Å². The van der Waals surface area contributed by atoms with E-state index in [1.54, 1.807) is 25.6 Å². The van der Waals surface area contributed by atoms with Gasteiger partial charge in [-0.05, 0) is 29.6 Å². The SMILES string of the molecule is COc1ccc(OC)c(CNC2=CN(I)Cc3sccc32)c1. The second kappa shape index (κ2) is 6.78. The molecule has 22 heavy (non-hydrogen) atoms. The molecular formula is C16H17IN2O2S. The third-order valence-electron chi connectivity index (χ3n) is 3.56. The van der Waals surface area contributed by atoms with Crippen molar-refractivity contribution in [3.8, 4) is 11.5 Å². The summed E-state index contributed by atoms with van der Waals surface area (Å²) in [5.41, 5.74) is 3.51. The number of methoxy groups -OCH3 is 2. The molecule has 6 heteroatoms. The summed E-state index contributed by atoms with van der Waals surface area (Å²) in [7, 11) is 3.36. The lowest BCUT2D eigenvalue weighted by Crippen LogP contribution is -2.19. The Bertz CT molecular complexity index is 699. The maximum atomic E-state index is 5.44. The van der Waals surface area contributed by atoms with E-state index < -0.39 is 0 Å². The number of nitrogens with zero attached hydrogens (tertiary/aromatic N) is 1.